The van der Waals surface area contributed by atoms with Crippen LogP contribution in [0.25, 0.3) is 0 Å². The first-order chi connectivity index (χ1) is 9.19. The van der Waals surface area contributed by atoms with Gasteiger partial charge in [-0.3, -0.25) is 0 Å². The van der Waals surface area contributed by atoms with E-state index in [1.165, 1.54) is 4.88 Å². The third-order valence-electron chi connectivity index (χ3n) is 3.26. The smallest absolute Gasteiger partial charge is 0.185 e. The van der Waals surface area contributed by atoms with Crippen LogP contribution in [-0.2, 0) is 11.3 Å². The molecule has 0 aliphatic carbocycles. The highest BCUT2D eigenvalue weighted by Crippen LogP contribution is 2.24. The maximum Gasteiger partial charge on any atom is 0.185 e. The molecule has 0 amide bonds. The van der Waals surface area contributed by atoms with Crippen molar-refractivity contribution in [3.05, 3.63) is 11.1 Å². The van der Waals surface area contributed by atoms with Gasteiger partial charge in [0.15, 0.2) is 5.13 Å². The predicted octanol–water partition coefficient (Wildman–Crippen LogP) is 2.50. The van der Waals surface area contributed by atoms with Crippen LogP contribution in [0.1, 0.15) is 32.1 Å². The van der Waals surface area contributed by atoms with Gasteiger partial charge in [0.2, 0.25) is 0 Å². The lowest BCUT2D eigenvalue weighted by Gasteiger charge is -2.32. The van der Waals surface area contributed by atoms with Gasteiger partial charge in [0.1, 0.15) is 0 Å². The maximum atomic E-state index is 5.70. The van der Waals surface area contributed by atoms with E-state index < -0.39 is 0 Å². The van der Waals surface area contributed by atoms with Gasteiger partial charge in [0, 0.05) is 30.7 Å². The number of ether oxygens (including phenoxy) is 1. The zero-order valence-electron chi connectivity index (χ0n) is 12.2. The van der Waals surface area contributed by atoms with E-state index in [4.69, 9.17) is 4.74 Å². The molecule has 1 atom stereocenters. The van der Waals surface area contributed by atoms with Gasteiger partial charge >= 0.3 is 0 Å². The Morgan fingerprint density at radius 1 is 1.58 bits per heavy atom. The minimum atomic E-state index is 0.361. The van der Waals surface area contributed by atoms with E-state index >= 15 is 0 Å². The van der Waals surface area contributed by atoms with Crippen molar-refractivity contribution in [3.8, 4) is 0 Å². The van der Waals surface area contributed by atoms with Crippen LogP contribution in [0.4, 0.5) is 5.13 Å². The fourth-order valence-electron chi connectivity index (χ4n) is 2.15. The molecule has 1 aliphatic heterocycles. The number of thiazole rings is 1. The molecule has 4 nitrogen and oxygen atoms in total. The van der Waals surface area contributed by atoms with Gasteiger partial charge in [-0.05, 0) is 18.9 Å². The van der Waals surface area contributed by atoms with Gasteiger partial charge in [-0.25, -0.2) is 4.98 Å². The predicted molar refractivity (Wildman–Crippen MR) is 80.9 cm³/mol. The van der Waals surface area contributed by atoms with Crippen molar-refractivity contribution in [2.75, 3.05) is 31.1 Å². The summed E-state index contributed by atoms with van der Waals surface area (Å²) in [4.78, 5) is 8.23. The molecule has 1 aliphatic rings. The number of morpholine rings is 1. The van der Waals surface area contributed by atoms with Crippen molar-refractivity contribution in [2.45, 2.75) is 39.8 Å². The van der Waals surface area contributed by atoms with E-state index in [1.54, 1.807) is 11.3 Å². The van der Waals surface area contributed by atoms with Crippen LogP contribution in [0, 0.1) is 5.92 Å². The third kappa shape index (κ3) is 4.44. The molecule has 1 aromatic rings. The molecular formula is C14H25N3OS. The van der Waals surface area contributed by atoms with Crippen molar-refractivity contribution < 1.29 is 4.74 Å². The first kappa shape index (κ1) is 14.8. The summed E-state index contributed by atoms with van der Waals surface area (Å²) < 4.78 is 5.70. The van der Waals surface area contributed by atoms with E-state index in [0.29, 0.717) is 12.0 Å². The topological polar surface area (TPSA) is 37.4 Å². The van der Waals surface area contributed by atoms with Gasteiger partial charge in [0.05, 0.1) is 12.7 Å². The second kappa shape index (κ2) is 7.22. The summed E-state index contributed by atoms with van der Waals surface area (Å²) in [5.74, 6) is 0.692. The molecule has 0 spiro atoms. The number of aromatic nitrogens is 1. The molecule has 2 rings (SSSR count). The second-order valence-electron chi connectivity index (χ2n) is 5.48. The summed E-state index contributed by atoms with van der Waals surface area (Å²) in [7, 11) is 0. The Bertz CT molecular complexity index is 381. The van der Waals surface area contributed by atoms with Crippen LogP contribution < -0.4 is 10.2 Å². The number of hydrogen-bond donors (Lipinski definition) is 1. The van der Waals surface area contributed by atoms with Crippen LogP contribution in [0.2, 0.25) is 0 Å². The molecule has 0 bridgehead atoms. The first-order valence-electron chi connectivity index (χ1n) is 7.21. The summed E-state index contributed by atoms with van der Waals surface area (Å²) in [6.45, 7) is 11.4. The van der Waals surface area contributed by atoms with E-state index in [2.05, 4.69) is 36.0 Å². The zero-order valence-corrected chi connectivity index (χ0v) is 13.0. The van der Waals surface area contributed by atoms with Crippen molar-refractivity contribution in [1.29, 1.82) is 0 Å². The summed E-state index contributed by atoms with van der Waals surface area (Å²) in [5, 5.41) is 4.61. The highest BCUT2D eigenvalue weighted by Gasteiger charge is 2.21. The summed E-state index contributed by atoms with van der Waals surface area (Å²) in [5.41, 5.74) is 0. The molecule has 1 saturated heterocycles. The molecule has 0 radical (unpaired) electrons. The number of nitrogens with zero attached hydrogens (tertiary/aromatic N) is 2. The summed E-state index contributed by atoms with van der Waals surface area (Å²) >= 11 is 1.80. The first-order valence-corrected chi connectivity index (χ1v) is 8.02. The van der Waals surface area contributed by atoms with Gasteiger partial charge < -0.3 is 15.0 Å². The van der Waals surface area contributed by atoms with Crippen molar-refractivity contribution in [1.82, 2.24) is 10.3 Å². The Balaban J connectivity index is 1.85. The molecule has 2 heterocycles. The van der Waals surface area contributed by atoms with Crippen LogP contribution in [0.15, 0.2) is 6.20 Å². The third-order valence-corrected chi connectivity index (χ3v) is 4.32. The molecule has 19 heavy (non-hydrogen) atoms. The lowest BCUT2D eigenvalue weighted by atomic mass is 10.2. The Kier molecular flexibility index (Phi) is 5.60. The lowest BCUT2D eigenvalue weighted by Crippen LogP contribution is -2.42. The fourth-order valence-corrected chi connectivity index (χ4v) is 3.06. The number of nitrogens with one attached hydrogen (secondary N) is 1. The number of rotatable bonds is 6. The number of anilines is 1. The molecule has 1 fully saturated rings. The van der Waals surface area contributed by atoms with E-state index in [0.717, 1.165) is 44.3 Å². The molecular weight excluding hydrogens is 258 g/mol. The molecule has 1 N–H and O–H groups in total. The maximum absolute atomic E-state index is 5.70. The van der Waals surface area contributed by atoms with E-state index in [-0.39, 0.29) is 0 Å². The Morgan fingerprint density at radius 2 is 2.42 bits per heavy atom. The largest absolute Gasteiger partial charge is 0.375 e. The van der Waals surface area contributed by atoms with Gasteiger partial charge in [0.25, 0.3) is 0 Å². The van der Waals surface area contributed by atoms with Crippen molar-refractivity contribution in [2.24, 2.45) is 5.92 Å². The van der Waals surface area contributed by atoms with Crippen molar-refractivity contribution >= 4 is 16.5 Å². The molecule has 0 aromatic carbocycles. The lowest BCUT2D eigenvalue weighted by molar-refractivity contribution is 0.0384. The van der Waals surface area contributed by atoms with Crippen LogP contribution in [0.5, 0.6) is 0 Å². The Morgan fingerprint density at radius 3 is 3.16 bits per heavy atom. The van der Waals surface area contributed by atoms with Gasteiger partial charge in [-0.1, -0.05) is 20.8 Å². The highest BCUT2D eigenvalue weighted by atomic mass is 32.1. The molecule has 1 aromatic heterocycles. The molecule has 5 heteroatoms. The van der Waals surface area contributed by atoms with E-state index in [9.17, 15) is 0 Å². The average Bonchev–Trinajstić information content (AvgIpc) is 2.87. The normalized spacial score (nSPS) is 20.2. The monoisotopic (exact) mass is 283 g/mol. The average molecular weight is 283 g/mol. The second-order valence-corrected chi connectivity index (χ2v) is 6.57. The molecule has 0 saturated carbocycles. The SMILES string of the molecule is CCC1CN(c2ncc(CNCC(C)C)s2)CCO1. The number of hydrogen-bond acceptors (Lipinski definition) is 5. The van der Waals surface area contributed by atoms with E-state index in [1.807, 2.05) is 6.20 Å². The van der Waals surface area contributed by atoms with Crippen LogP contribution >= 0.6 is 11.3 Å². The highest BCUT2D eigenvalue weighted by molar-refractivity contribution is 7.15. The molecule has 1 unspecified atom stereocenters. The van der Waals surface area contributed by atoms with Crippen LogP contribution in [0.3, 0.4) is 0 Å². The Hall–Kier alpha value is -0.650. The van der Waals surface area contributed by atoms with Gasteiger partial charge in [-0.15, -0.1) is 11.3 Å². The van der Waals surface area contributed by atoms with Gasteiger partial charge in [-0.2, -0.15) is 0 Å². The minimum absolute atomic E-state index is 0.361. The fraction of sp³-hybridized carbons (Fsp3) is 0.786. The van der Waals surface area contributed by atoms with Crippen molar-refractivity contribution in [3.63, 3.8) is 0 Å². The van der Waals surface area contributed by atoms with Crippen LogP contribution in [-0.4, -0.2) is 37.3 Å². The zero-order chi connectivity index (χ0) is 13.7. The quantitative estimate of drug-likeness (QED) is 0.870. The summed E-state index contributed by atoms with van der Waals surface area (Å²) in [6, 6.07) is 0. The summed E-state index contributed by atoms with van der Waals surface area (Å²) in [6.07, 6.45) is 3.44. The standard InChI is InChI=1S/C14H25N3OS/c1-4-12-10-17(5-6-18-12)14-16-9-13(19-14)8-15-7-11(2)3/h9,11-12,15H,4-8,10H2,1-3H3. The Labute approximate surface area is 120 Å². The minimum Gasteiger partial charge on any atom is -0.375 e. The molecule has 108 valence electrons.